The predicted octanol–water partition coefficient (Wildman–Crippen LogP) is 3.27. The van der Waals surface area contributed by atoms with Crippen LogP contribution >= 0.6 is 0 Å². The molecular formula is C18H32BNO6. The molecule has 0 aromatic heterocycles. The average molecular weight is 369 g/mol. The maximum atomic E-state index is 12.4. The van der Waals surface area contributed by atoms with Gasteiger partial charge < -0.3 is 24.1 Å². The van der Waals surface area contributed by atoms with Crippen LogP contribution in [-0.2, 0) is 18.8 Å². The number of carboxylic acids is 1. The number of amides is 1. The lowest BCUT2D eigenvalue weighted by molar-refractivity contribution is -0.138. The summed E-state index contributed by atoms with van der Waals surface area (Å²) in [7, 11) is -0.518. The van der Waals surface area contributed by atoms with E-state index in [1.165, 1.54) is 4.90 Å². The number of ether oxygens (including phenoxy) is 1. The zero-order chi connectivity index (χ0) is 20.3. The van der Waals surface area contributed by atoms with E-state index in [0.29, 0.717) is 0 Å². The van der Waals surface area contributed by atoms with Gasteiger partial charge >= 0.3 is 19.2 Å². The summed E-state index contributed by atoms with van der Waals surface area (Å²) < 4.78 is 17.1. The summed E-state index contributed by atoms with van der Waals surface area (Å²) in [5.74, 6) is 0.766. The number of hydrogen-bond acceptors (Lipinski definition) is 5. The molecule has 0 bridgehead atoms. The normalized spacial score (nSPS) is 20.2. The van der Waals surface area contributed by atoms with Gasteiger partial charge in [-0.1, -0.05) is 12.1 Å². The smallest absolute Gasteiger partial charge is 0.481 e. The van der Waals surface area contributed by atoms with Gasteiger partial charge in [-0.3, -0.25) is 4.79 Å². The van der Waals surface area contributed by atoms with E-state index in [-0.39, 0.29) is 13.0 Å². The number of carbonyl (C=O) groups excluding carboxylic acids is 1. The van der Waals surface area contributed by atoms with Gasteiger partial charge in [0.25, 0.3) is 0 Å². The van der Waals surface area contributed by atoms with Crippen LogP contribution in [0.2, 0.25) is 0 Å². The first-order valence-corrected chi connectivity index (χ1v) is 8.88. The molecule has 0 unspecified atom stereocenters. The summed E-state index contributed by atoms with van der Waals surface area (Å²) in [6.07, 6.45) is 1.03. The van der Waals surface area contributed by atoms with Crippen LogP contribution in [0.4, 0.5) is 4.79 Å². The second kappa shape index (κ2) is 8.00. The quantitative estimate of drug-likeness (QED) is 0.724. The second-order valence-corrected chi connectivity index (χ2v) is 8.63. The van der Waals surface area contributed by atoms with Gasteiger partial charge in [0.1, 0.15) is 5.60 Å². The number of carbonyl (C=O) groups is 2. The van der Waals surface area contributed by atoms with Crippen molar-refractivity contribution in [1.29, 1.82) is 0 Å². The molecule has 1 N–H and O–H groups in total. The number of rotatable bonds is 6. The molecule has 1 amide bonds. The molecule has 0 aromatic rings. The molecule has 26 heavy (non-hydrogen) atoms. The Kier molecular flexibility index (Phi) is 6.93. The number of nitrogens with zero attached hydrogens (tertiary/aromatic N) is 1. The maximum absolute atomic E-state index is 12.4. The fraction of sp³-hybridized carbons (Fsp3) is 0.778. The Bertz CT molecular complexity index is 536. The Morgan fingerprint density at radius 3 is 2.12 bits per heavy atom. The van der Waals surface area contributed by atoms with Crippen LogP contribution < -0.4 is 0 Å². The van der Waals surface area contributed by atoms with E-state index >= 15 is 0 Å². The van der Waals surface area contributed by atoms with E-state index in [1.54, 1.807) is 39.7 Å². The third-order valence-electron chi connectivity index (χ3n) is 4.50. The van der Waals surface area contributed by atoms with Crippen LogP contribution in [0.5, 0.6) is 0 Å². The summed E-state index contributed by atoms with van der Waals surface area (Å²) in [5, 5.41) is 9.02. The summed E-state index contributed by atoms with van der Waals surface area (Å²) in [6.45, 7) is 15.0. The van der Waals surface area contributed by atoms with Crippen molar-refractivity contribution in [2.45, 2.75) is 84.7 Å². The number of carboxylic acid groups (broad SMARTS) is 1. The van der Waals surface area contributed by atoms with Gasteiger partial charge in [0.2, 0.25) is 0 Å². The van der Waals surface area contributed by atoms with E-state index < -0.39 is 42.0 Å². The molecule has 1 atom stereocenters. The van der Waals surface area contributed by atoms with Crippen molar-refractivity contribution in [3.05, 3.63) is 12.1 Å². The van der Waals surface area contributed by atoms with Crippen molar-refractivity contribution in [2.24, 2.45) is 0 Å². The molecule has 1 aliphatic rings. The Morgan fingerprint density at radius 2 is 1.69 bits per heavy atom. The van der Waals surface area contributed by atoms with E-state index in [4.69, 9.17) is 19.2 Å². The van der Waals surface area contributed by atoms with Crippen molar-refractivity contribution >= 4 is 19.2 Å². The zero-order valence-corrected chi connectivity index (χ0v) is 17.2. The Hall–Kier alpha value is -1.54. The van der Waals surface area contributed by atoms with Crippen molar-refractivity contribution < 1.29 is 28.7 Å². The van der Waals surface area contributed by atoms with Crippen molar-refractivity contribution in [3.63, 3.8) is 0 Å². The Balaban J connectivity index is 2.80. The predicted molar refractivity (Wildman–Crippen MR) is 99.9 cm³/mol. The highest BCUT2D eigenvalue weighted by atomic mass is 16.7. The van der Waals surface area contributed by atoms with Gasteiger partial charge in [0.15, 0.2) is 0 Å². The third-order valence-corrected chi connectivity index (χ3v) is 4.50. The zero-order valence-electron chi connectivity index (χ0n) is 17.2. The van der Waals surface area contributed by atoms with Crippen LogP contribution in [-0.4, -0.2) is 58.6 Å². The fourth-order valence-electron chi connectivity index (χ4n) is 2.37. The molecule has 0 radical (unpaired) electrons. The molecule has 8 heteroatoms. The van der Waals surface area contributed by atoms with Gasteiger partial charge in [-0.25, -0.2) is 4.79 Å². The van der Waals surface area contributed by atoms with Crippen LogP contribution in [0.3, 0.4) is 0 Å². The van der Waals surface area contributed by atoms with Crippen molar-refractivity contribution in [3.8, 4) is 0 Å². The fourth-order valence-corrected chi connectivity index (χ4v) is 2.37. The number of aliphatic carboxylic acids is 1. The Labute approximate surface area is 156 Å². The van der Waals surface area contributed by atoms with Gasteiger partial charge in [0.05, 0.1) is 17.6 Å². The van der Waals surface area contributed by atoms with Gasteiger partial charge in [0, 0.05) is 12.6 Å². The van der Waals surface area contributed by atoms with E-state index in [9.17, 15) is 9.59 Å². The van der Waals surface area contributed by atoms with Crippen LogP contribution in [0.1, 0.15) is 61.8 Å². The lowest BCUT2D eigenvalue weighted by Crippen LogP contribution is -2.43. The van der Waals surface area contributed by atoms with Gasteiger partial charge in [-0.2, -0.15) is 0 Å². The van der Waals surface area contributed by atoms with E-state index in [1.807, 2.05) is 27.7 Å². The molecule has 1 saturated heterocycles. The first-order chi connectivity index (χ1) is 11.6. The molecule has 1 rings (SSSR count). The standard InChI is InChI=1S/C18H32BNO6/c1-13(12-14(21)22)20(15(23)24-16(2,3)4)11-9-10-19-25-17(5,6)18(7,8)26-19/h9-10,13H,11-12H2,1-8H3,(H,21,22)/b10-9+/t13-/m1/s1. The SMILES string of the molecule is C[C@H](CC(=O)O)N(C/C=C/B1OC(C)(C)C(C)(C)O1)C(=O)OC(C)(C)C. The third kappa shape index (κ3) is 6.32. The minimum absolute atomic E-state index is 0.163. The molecule has 1 aliphatic heterocycles. The summed E-state index contributed by atoms with van der Waals surface area (Å²) in [5.41, 5.74) is -1.54. The summed E-state index contributed by atoms with van der Waals surface area (Å²) in [6, 6.07) is -0.509. The largest absolute Gasteiger partial charge is 0.486 e. The molecule has 1 fully saturated rings. The average Bonchev–Trinajstić information content (AvgIpc) is 2.59. The van der Waals surface area contributed by atoms with Crippen molar-refractivity contribution in [1.82, 2.24) is 4.90 Å². The molecule has 1 heterocycles. The number of hydrogen-bond donors (Lipinski definition) is 1. The molecular weight excluding hydrogens is 337 g/mol. The molecule has 0 aromatic carbocycles. The minimum atomic E-state index is -0.971. The molecule has 148 valence electrons. The lowest BCUT2D eigenvalue weighted by Gasteiger charge is -2.32. The molecule has 0 spiro atoms. The first-order valence-electron chi connectivity index (χ1n) is 8.88. The lowest BCUT2D eigenvalue weighted by atomic mass is 9.90. The maximum Gasteiger partial charge on any atom is 0.486 e. The molecule has 7 nitrogen and oxygen atoms in total. The summed E-state index contributed by atoms with van der Waals surface area (Å²) in [4.78, 5) is 24.8. The monoisotopic (exact) mass is 369 g/mol. The van der Waals surface area contributed by atoms with Crippen LogP contribution in [0, 0.1) is 0 Å². The van der Waals surface area contributed by atoms with E-state index in [0.717, 1.165) is 0 Å². The molecule has 0 saturated carbocycles. The second-order valence-electron chi connectivity index (χ2n) is 8.63. The van der Waals surface area contributed by atoms with Gasteiger partial charge in [-0.15, -0.1) is 0 Å². The summed E-state index contributed by atoms with van der Waals surface area (Å²) >= 11 is 0. The van der Waals surface area contributed by atoms with E-state index in [2.05, 4.69) is 0 Å². The van der Waals surface area contributed by atoms with Gasteiger partial charge in [-0.05, 0) is 55.4 Å². The van der Waals surface area contributed by atoms with Crippen molar-refractivity contribution in [2.75, 3.05) is 6.54 Å². The van der Waals surface area contributed by atoms with Crippen LogP contribution in [0.15, 0.2) is 12.1 Å². The highest BCUT2D eigenvalue weighted by Gasteiger charge is 2.50. The minimum Gasteiger partial charge on any atom is -0.481 e. The highest BCUT2D eigenvalue weighted by molar-refractivity contribution is 6.51. The topological polar surface area (TPSA) is 85.3 Å². The van der Waals surface area contributed by atoms with Crippen LogP contribution in [0.25, 0.3) is 0 Å². The first kappa shape index (κ1) is 22.5. The highest BCUT2D eigenvalue weighted by Crippen LogP contribution is 2.36. The molecule has 0 aliphatic carbocycles. The Morgan fingerprint density at radius 1 is 1.19 bits per heavy atom.